The third-order valence-corrected chi connectivity index (χ3v) is 5.97. The summed E-state index contributed by atoms with van der Waals surface area (Å²) >= 11 is 0. The van der Waals surface area contributed by atoms with Crippen molar-refractivity contribution in [3.63, 3.8) is 0 Å². The Bertz CT molecular complexity index is 856. The number of aromatic nitrogens is 2. The van der Waals surface area contributed by atoms with Crippen LogP contribution in [0.5, 0.6) is 5.75 Å². The highest BCUT2D eigenvalue weighted by Gasteiger charge is 2.32. The van der Waals surface area contributed by atoms with Crippen LogP contribution < -0.4 is 10.1 Å². The molecule has 2 aliphatic rings. The fourth-order valence-electron chi connectivity index (χ4n) is 3.88. The van der Waals surface area contributed by atoms with Gasteiger partial charge in [-0.2, -0.15) is 5.10 Å². The Kier molecular flexibility index (Phi) is 5.40. The fraction of sp³-hybridized carbons (Fsp3) is 0.545. The van der Waals surface area contributed by atoms with Crippen LogP contribution in [0.25, 0.3) is 0 Å². The topological polar surface area (TPSA) is 59.4 Å². The van der Waals surface area contributed by atoms with Crippen LogP contribution in [0, 0.1) is 0 Å². The molecule has 1 saturated carbocycles. The number of ether oxygens (including phenoxy) is 1. The second-order valence-electron chi connectivity index (χ2n) is 8.01. The zero-order chi connectivity index (χ0) is 19.7. The molecule has 6 nitrogen and oxygen atoms in total. The largest absolute Gasteiger partial charge is 0.497 e. The van der Waals surface area contributed by atoms with Gasteiger partial charge >= 0.3 is 0 Å². The van der Waals surface area contributed by atoms with Crippen LogP contribution >= 0.6 is 0 Å². The van der Waals surface area contributed by atoms with Gasteiger partial charge in [0.1, 0.15) is 5.75 Å². The number of methoxy groups -OCH3 is 1. The maximum atomic E-state index is 12.9. The minimum atomic E-state index is -0.0193. The van der Waals surface area contributed by atoms with Gasteiger partial charge in [0.25, 0.3) is 5.91 Å². The Morgan fingerprint density at radius 2 is 2.21 bits per heavy atom. The number of hydrogen-bond acceptors (Lipinski definition) is 4. The van der Waals surface area contributed by atoms with Crippen molar-refractivity contribution in [1.82, 2.24) is 20.0 Å². The summed E-state index contributed by atoms with van der Waals surface area (Å²) < 4.78 is 7.38. The molecule has 0 bridgehead atoms. The van der Waals surface area contributed by atoms with Gasteiger partial charge in [0, 0.05) is 42.9 Å². The second kappa shape index (κ2) is 7.95. The van der Waals surface area contributed by atoms with Gasteiger partial charge in [-0.25, -0.2) is 0 Å². The molecule has 1 aromatic carbocycles. The Morgan fingerprint density at radius 3 is 2.93 bits per heavy atom. The first-order valence-electron chi connectivity index (χ1n) is 10.4. The molecule has 1 aliphatic heterocycles. The van der Waals surface area contributed by atoms with Gasteiger partial charge in [0.05, 0.1) is 13.7 Å². The molecule has 1 amide bonds. The Morgan fingerprint density at radius 1 is 1.39 bits per heavy atom. The van der Waals surface area contributed by atoms with Gasteiger partial charge in [-0.05, 0) is 43.9 Å². The van der Waals surface area contributed by atoms with Crippen LogP contribution in [0.1, 0.15) is 60.4 Å². The van der Waals surface area contributed by atoms with E-state index in [9.17, 15) is 4.79 Å². The van der Waals surface area contributed by atoms with Crippen molar-refractivity contribution in [1.29, 1.82) is 0 Å². The van der Waals surface area contributed by atoms with E-state index in [2.05, 4.69) is 30.1 Å². The van der Waals surface area contributed by atoms with Crippen LogP contribution in [-0.4, -0.2) is 46.3 Å². The smallest absolute Gasteiger partial charge is 0.272 e. The minimum Gasteiger partial charge on any atom is -0.497 e. The highest BCUT2D eigenvalue weighted by atomic mass is 16.5. The number of nitrogens with zero attached hydrogens (tertiary/aromatic N) is 3. The zero-order valence-electron chi connectivity index (χ0n) is 17.1. The van der Waals surface area contributed by atoms with Gasteiger partial charge in [0.2, 0.25) is 0 Å². The van der Waals surface area contributed by atoms with E-state index in [1.807, 2.05) is 22.9 Å². The maximum absolute atomic E-state index is 12.9. The maximum Gasteiger partial charge on any atom is 0.272 e. The van der Waals surface area contributed by atoms with Gasteiger partial charge in [-0.15, -0.1) is 0 Å². The number of carbonyl (C=O) groups excluding carboxylic acids is 1. The first-order chi connectivity index (χ1) is 13.6. The minimum absolute atomic E-state index is 0.0193. The molecular weight excluding hydrogens is 352 g/mol. The van der Waals surface area contributed by atoms with Crippen molar-refractivity contribution in [3.05, 3.63) is 46.8 Å². The Hall–Kier alpha value is -2.34. The third-order valence-electron chi connectivity index (χ3n) is 5.97. The summed E-state index contributed by atoms with van der Waals surface area (Å²) in [5.74, 6) is 0.822. The lowest BCUT2D eigenvalue weighted by atomic mass is 10.0. The van der Waals surface area contributed by atoms with Crippen LogP contribution in [0.2, 0.25) is 0 Å². The molecule has 0 radical (unpaired) electrons. The predicted octanol–water partition coefficient (Wildman–Crippen LogP) is 2.99. The molecule has 1 aromatic heterocycles. The molecule has 1 fully saturated rings. The monoisotopic (exact) mass is 382 g/mol. The summed E-state index contributed by atoms with van der Waals surface area (Å²) in [5.41, 5.74) is 4.04. The molecule has 28 heavy (non-hydrogen) atoms. The molecule has 4 rings (SSSR count). The van der Waals surface area contributed by atoms with Gasteiger partial charge in [-0.3, -0.25) is 14.4 Å². The lowest BCUT2D eigenvalue weighted by Gasteiger charge is -2.32. The third kappa shape index (κ3) is 3.92. The molecule has 1 aliphatic carbocycles. The molecule has 6 heteroatoms. The number of carbonyl (C=O) groups is 1. The molecule has 1 unspecified atom stereocenters. The highest BCUT2D eigenvalue weighted by molar-refractivity contribution is 5.94. The van der Waals surface area contributed by atoms with E-state index in [4.69, 9.17) is 9.84 Å². The number of amides is 1. The summed E-state index contributed by atoms with van der Waals surface area (Å²) in [4.78, 5) is 15.3. The summed E-state index contributed by atoms with van der Waals surface area (Å²) in [5, 5.41) is 7.90. The molecular formula is C22H30N4O2. The molecule has 1 N–H and O–H groups in total. The van der Waals surface area contributed by atoms with Gasteiger partial charge in [-0.1, -0.05) is 19.1 Å². The average molecular weight is 383 g/mol. The van der Waals surface area contributed by atoms with E-state index in [0.717, 1.165) is 55.6 Å². The van der Waals surface area contributed by atoms with Crippen molar-refractivity contribution in [2.75, 3.05) is 13.7 Å². The molecule has 2 aromatic rings. The fourth-order valence-corrected chi connectivity index (χ4v) is 3.88. The summed E-state index contributed by atoms with van der Waals surface area (Å²) in [6.07, 6.45) is 4.19. The highest BCUT2D eigenvalue weighted by Crippen LogP contribution is 2.27. The number of rotatable bonds is 7. The van der Waals surface area contributed by atoms with Crippen molar-refractivity contribution >= 4 is 5.91 Å². The first kappa shape index (κ1) is 19.0. The normalized spacial score (nSPS) is 17.8. The van der Waals surface area contributed by atoms with E-state index in [1.54, 1.807) is 7.11 Å². The van der Waals surface area contributed by atoms with Crippen LogP contribution in [0.4, 0.5) is 0 Å². The van der Waals surface area contributed by atoms with Crippen LogP contribution in [-0.2, 0) is 19.5 Å². The predicted molar refractivity (Wildman–Crippen MR) is 109 cm³/mol. The Balaban J connectivity index is 1.65. The second-order valence-corrected chi connectivity index (χ2v) is 8.01. The zero-order valence-corrected chi connectivity index (χ0v) is 17.1. The first-order valence-corrected chi connectivity index (χ1v) is 10.4. The number of hydrogen-bond donors (Lipinski definition) is 1. The van der Waals surface area contributed by atoms with Crippen molar-refractivity contribution in [2.45, 2.75) is 64.7 Å². The number of benzene rings is 1. The van der Waals surface area contributed by atoms with Crippen molar-refractivity contribution in [2.24, 2.45) is 0 Å². The van der Waals surface area contributed by atoms with Gasteiger partial charge in [0.15, 0.2) is 5.69 Å². The summed E-state index contributed by atoms with van der Waals surface area (Å²) in [7, 11) is 1.68. The Labute approximate surface area is 166 Å². The SMILES string of the molecule is CCC(C)N1CCc2c(c(C(=O)NC3CC3)nn2Cc2cccc(OC)c2)C1. The molecule has 0 saturated heterocycles. The average Bonchev–Trinajstić information content (AvgIpc) is 3.47. The quantitative estimate of drug-likeness (QED) is 0.800. The lowest BCUT2D eigenvalue weighted by molar-refractivity contribution is 0.0942. The number of nitrogens with one attached hydrogen (secondary N) is 1. The lowest BCUT2D eigenvalue weighted by Crippen LogP contribution is -2.38. The number of fused-ring (bicyclic) bond motifs is 1. The molecule has 0 spiro atoms. The van der Waals surface area contributed by atoms with E-state index in [-0.39, 0.29) is 5.91 Å². The molecule has 2 heterocycles. The van der Waals surface area contributed by atoms with E-state index in [0.29, 0.717) is 24.3 Å². The van der Waals surface area contributed by atoms with Gasteiger partial charge < -0.3 is 10.1 Å². The van der Waals surface area contributed by atoms with E-state index < -0.39 is 0 Å². The molecule has 150 valence electrons. The standard InChI is InChI=1S/C22H30N4O2/c1-4-15(2)25-11-10-20-19(14-25)21(22(27)23-17-8-9-17)24-26(20)13-16-6-5-7-18(12-16)28-3/h5-7,12,15,17H,4,8-11,13-14H2,1-3H3,(H,23,27). The van der Waals surface area contributed by atoms with E-state index in [1.165, 1.54) is 5.69 Å². The van der Waals surface area contributed by atoms with Crippen molar-refractivity contribution in [3.8, 4) is 5.75 Å². The molecule has 1 atom stereocenters. The summed E-state index contributed by atoms with van der Waals surface area (Å²) in [6, 6.07) is 8.90. The van der Waals surface area contributed by atoms with Crippen LogP contribution in [0.3, 0.4) is 0 Å². The van der Waals surface area contributed by atoms with Crippen LogP contribution in [0.15, 0.2) is 24.3 Å². The van der Waals surface area contributed by atoms with Crippen molar-refractivity contribution < 1.29 is 9.53 Å². The van der Waals surface area contributed by atoms with E-state index >= 15 is 0 Å². The summed E-state index contributed by atoms with van der Waals surface area (Å²) in [6.45, 7) is 6.94.